The zero-order valence-corrected chi connectivity index (χ0v) is 12.5. The average Bonchev–Trinajstić information content (AvgIpc) is 2.48. The Kier molecular flexibility index (Phi) is 5.95. The number of aromatic nitrogens is 1. The molecule has 0 aliphatic carbocycles. The number of carbonyl (C=O) groups is 1. The molecular formula is C15H24N4O2. The van der Waals surface area contributed by atoms with E-state index in [9.17, 15) is 4.79 Å². The van der Waals surface area contributed by atoms with Gasteiger partial charge in [0, 0.05) is 38.4 Å². The lowest BCUT2D eigenvalue weighted by molar-refractivity contribution is 0.175. The summed E-state index contributed by atoms with van der Waals surface area (Å²) in [7, 11) is 0. The zero-order valence-electron chi connectivity index (χ0n) is 12.5. The minimum absolute atomic E-state index is 0.195. The smallest absolute Gasteiger partial charge is 0.315 e. The molecule has 2 rings (SSSR count). The topological polar surface area (TPSA) is 77.5 Å². The number of piperidine rings is 1. The first-order valence-electron chi connectivity index (χ1n) is 7.48. The number of amides is 2. The number of carbonyl (C=O) groups excluding carboxylic acids is 1. The van der Waals surface area contributed by atoms with Gasteiger partial charge in [-0.05, 0) is 31.9 Å². The van der Waals surface area contributed by atoms with Gasteiger partial charge in [-0.25, -0.2) is 4.79 Å². The number of pyridine rings is 1. The van der Waals surface area contributed by atoms with Gasteiger partial charge in [-0.2, -0.15) is 0 Å². The number of aliphatic hydroxyl groups excluding tert-OH is 1. The van der Waals surface area contributed by atoms with Gasteiger partial charge >= 0.3 is 6.03 Å². The van der Waals surface area contributed by atoms with Crippen molar-refractivity contribution >= 4 is 6.03 Å². The molecule has 6 heteroatoms. The molecule has 1 fully saturated rings. The van der Waals surface area contributed by atoms with Gasteiger partial charge in [0.25, 0.3) is 0 Å². The normalized spacial score (nSPS) is 18.2. The number of hydrogen-bond acceptors (Lipinski definition) is 4. The second kappa shape index (κ2) is 7.95. The molecule has 2 amide bonds. The lowest BCUT2D eigenvalue weighted by Crippen LogP contribution is -2.48. The summed E-state index contributed by atoms with van der Waals surface area (Å²) in [6.07, 6.45) is 3.18. The third-order valence-electron chi connectivity index (χ3n) is 3.59. The van der Waals surface area contributed by atoms with E-state index < -0.39 is 6.10 Å². The molecule has 1 aliphatic rings. The second-order valence-corrected chi connectivity index (χ2v) is 5.57. The highest BCUT2D eigenvalue weighted by Gasteiger charge is 2.20. The molecule has 1 aromatic rings. The van der Waals surface area contributed by atoms with Crippen LogP contribution < -0.4 is 10.6 Å². The molecule has 0 radical (unpaired) electrons. The van der Waals surface area contributed by atoms with Crippen molar-refractivity contribution in [1.29, 1.82) is 0 Å². The number of nitrogens with zero attached hydrogens (tertiary/aromatic N) is 2. The first kappa shape index (κ1) is 15.7. The maximum Gasteiger partial charge on any atom is 0.315 e. The van der Waals surface area contributed by atoms with Crippen molar-refractivity contribution in [2.75, 3.05) is 19.6 Å². The van der Waals surface area contributed by atoms with Crippen molar-refractivity contribution < 1.29 is 9.90 Å². The third-order valence-corrected chi connectivity index (χ3v) is 3.59. The van der Waals surface area contributed by atoms with Crippen LogP contribution in [-0.4, -0.2) is 52.8 Å². The Morgan fingerprint density at radius 3 is 2.86 bits per heavy atom. The molecule has 1 aromatic heterocycles. The van der Waals surface area contributed by atoms with Crippen LogP contribution in [0.3, 0.4) is 0 Å². The molecule has 1 atom stereocenters. The number of hydrogen-bond donors (Lipinski definition) is 3. The van der Waals surface area contributed by atoms with Crippen LogP contribution in [0.25, 0.3) is 0 Å². The fourth-order valence-corrected chi connectivity index (χ4v) is 2.43. The van der Waals surface area contributed by atoms with Crippen LogP contribution in [-0.2, 0) is 6.54 Å². The molecule has 0 saturated carbocycles. The van der Waals surface area contributed by atoms with Crippen molar-refractivity contribution in [3.63, 3.8) is 0 Å². The highest BCUT2D eigenvalue weighted by Crippen LogP contribution is 2.12. The van der Waals surface area contributed by atoms with Crippen molar-refractivity contribution in [1.82, 2.24) is 20.5 Å². The zero-order chi connectivity index (χ0) is 15.1. The van der Waals surface area contributed by atoms with E-state index in [0.717, 1.165) is 38.2 Å². The van der Waals surface area contributed by atoms with Gasteiger partial charge in [-0.3, -0.25) is 9.88 Å². The lowest BCUT2D eigenvalue weighted by atomic mass is 10.1. The summed E-state index contributed by atoms with van der Waals surface area (Å²) in [4.78, 5) is 18.3. The van der Waals surface area contributed by atoms with Crippen molar-refractivity contribution in [3.8, 4) is 0 Å². The SMILES string of the molecule is C[C@H](O)CNC(=O)NC1CCN(Cc2ccccn2)CC1. The Bertz CT molecular complexity index is 431. The van der Waals surface area contributed by atoms with E-state index >= 15 is 0 Å². The molecular weight excluding hydrogens is 268 g/mol. The van der Waals surface area contributed by atoms with Crippen LogP contribution in [0.1, 0.15) is 25.5 Å². The maximum absolute atomic E-state index is 11.6. The standard InChI is InChI=1S/C15H24N4O2/c1-12(20)10-17-15(21)18-13-5-8-19(9-6-13)11-14-4-2-3-7-16-14/h2-4,7,12-13,20H,5-6,8-11H2,1H3,(H2,17,18,21)/t12-/m0/s1. The highest BCUT2D eigenvalue weighted by atomic mass is 16.3. The van der Waals surface area contributed by atoms with Crippen molar-refractivity contribution in [2.45, 2.75) is 38.5 Å². The van der Waals surface area contributed by atoms with E-state index in [2.05, 4.69) is 20.5 Å². The van der Waals surface area contributed by atoms with Gasteiger partial charge in [-0.1, -0.05) is 6.07 Å². The first-order valence-corrected chi connectivity index (χ1v) is 7.48. The Labute approximate surface area is 125 Å². The van der Waals surface area contributed by atoms with Crippen LogP contribution in [0.5, 0.6) is 0 Å². The van der Waals surface area contributed by atoms with E-state index in [1.165, 1.54) is 0 Å². The molecule has 6 nitrogen and oxygen atoms in total. The van der Waals surface area contributed by atoms with Gasteiger partial charge in [0.2, 0.25) is 0 Å². The van der Waals surface area contributed by atoms with Crippen molar-refractivity contribution in [2.24, 2.45) is 0 Å². The Morgan fingerprint density at radius 2 is 2.24 bits per heavy atom. The summed E-state index contributed by atoms with van der Waals surface area (Å²) in [6, 6.07) is 5.97. The van der Waals surface area contributed by atoms with Gasteiger partial charge in [-0.15, -0.1) is 0 Å². The van der Waals surface area contributed by atoms with E-state index in [4.69, 9.17) is 5.11 Å². The van der Waals surface area contributed by atoms with Gasteiger partial charge in [0.1, 0.15) is 0 Å². The van der Waals surface area contributed by atoms with Crippen LogP contribution in [0.15, 0.2) is 24.4 Å². The maximum atomic E-state index is 11.6. The highest BCUT2D eigenvalue weighted by molar-refractivity contribution is 5.74. The third kappa shape index (κ3) is 5.69. The average molecular weight is 292 g/mol. The predicted octanol–water partition coefficient (Wildman–Crippen LogP) is 0.726. The van der Waals surface area contributed by atoms with Crippen LogP contribution in [0, 0.1) is 0 Å². The molecule has 2 heterocycles. The molecule has 116 valence electrons. The second-order valence-electron chi connectivity index (χ2n) is 5.57. The molecule has 1 saturated heterocycles. The monoisotopic (exact) mass is 292 g/mol. The molecule has 3 N–H and O–H groups in total. The summed E-state index contributed by atoms with van der Waals surface area (Å²) >= 11 is 0. The molecule has 0 bridgehead atoms. The van der Waals surface area contributed by atoms with Gasteiger partial charge in [0.15, 0.2) is 0 Å². The van der Waals surface area contributed by atoms with Crippen LogP contribution in [0.4, 0.5) is 4.79 Å². The largest absolute Gasteiger partial charge is 0.392 e. The Hall–Kier alpha value is -1.66. The Balaban J connectivity index is 1.67. The van der Waals surface area contributed by atoms with Crippen molar-refractivity contribution in [3.05, 3.63) is 30.1 Å². The molecule has 0 aromatic carbocycles. The number of nitrogens with one attached hydrogen (secondary N) is 2. The summed E-state index contributed by atoms with van der Waals surface area (Å²) in [5.74, 6) is 0. The lowest BCUT2D eigenvalue weighted by Gasteiger charge is -2.32. The number of rotatable bonds is 5. The number of aliphatic hydroxyl groups is 1. The van der Waals surface area contributed by atoms with Crippen LogP contribution in [0.2, 0.25) is 0 Å². The summed E-state index contributed by atoms with van der Waals surface area (Å²) < 4.78 is 0. The fourth-order valence-electron chi connectivity index (χ4n) is 2.43. The minimum atomic E-state index is -0.518. The number of urea groups is 1. The van der Waals surface area contributed by atoms with Crippen LogP contribution >= 0.6 is 0 Å². The number of likely N-dealkylation sites (tertiary alicyclic amines) is 1. The van der Waals surface area contributed by atoms with E-state index in [1.807, 2.05) is 24.4 Å². The van der Waals surface area contributed by atoms with Gasteiger partial charge in [0.05, 0.1) is 11.8 Å². The summed E-state index contributed by atoms with van der Waals surface area (Å²) in [5.41, 5.74) is 1.08. The van der Waals surface area contributed by atoms with Gasteiger partial charge < -0.3 is 15.7 Å². The molecule has 21 heavy (non-hydrogen) atoms. The van der Waals surface area contributed by atoms with E-state index in [1.54, 1.807) is 6.92 Å². The molecule has 0 spiro atoms. The summed E-state index contributed by atoms with van der Waals surface area (Å²) in [5, 5.41) is 14.7. The molecule has 1 aliphatic heterocycles. The summed E-state index contributed by atoms with van der Waals surface area (Å²) in [6.45, 7) is 4.71. The minimum Gasteiger partial charge on any atom is -0.392 e. The van der Waals surface area contributed by atoms with E-state index in [-0.39, 0.29) is 18.6 Å². The fraction of sp³-hybridized carbons (Fsp3) is 0.600. The Morgan fingerprint density at radius 1 is 1.48 bits per heavy atom. The first-order chi connectivity index (χ1) is 10.1. The quantitative estimate of drug-likeness (QED) is 0.747. The molecule has 0 unspecified atom stereocenters. The predicted molar refractivity (Wildman–Crippen MR) is 80.8 cm³/mol. The van der Waals surface area contributed by atoms with E-state index in [0.29, 0.717) is 0 Å².